The summed E-state index contributed by atoms with van der Waals surface area (Å²) in [5.41, 5.74) is 13.4. The molecule has 0 N–H and O–H groups in total. The van der Waals surface area contributed by atoms with Gasteiger partial charge in [-0.3, -0.25) is 0 Å². The molecule has 50 heavy (non-hydrogen) atoms. The second-order valence-corrected chi connectivity index (χ2v) is 14.1. The van der Waals surface area contributed by atoms with E-state index in [9.17, 15) is 0 Å². The summed E-state index contributed by atoms with van der Waals surface area (Å²) in [5, 5.41) is 0. The van der Waals surface area contributed by atoms with Gasteiger partial charge in [0.2, 0.25) is 0 Å². The Morgan fingerprint density at radius 3 is 1.92 bits per heavy atom. The fraction of sp³-hybridized carbons (Fsp3) is 0.250. The van der Waals surface area contributed by atoms with E-state index in [2.05, 4.69) is 168 Å². The average Bonchev–Trinajstić information content (AvgIpc) is 3.21. The highest BCUT2D eigenvalue weighted by Gasteiger charge is 2.28. The van der Waals surface area contributed by atoms with Crippen molar-refractivity contribution < 1.29 is 0 Å². The number of benzene rings is 3. The van der Waals surface area contributed by atoms with Crippen LogP contribution in [0, 0.1) is 0 Å². The van der Waals surface area contributed by atoms with Crippen molar-refractivity contribution in [3.05, 3.63) is 186 Å². The van der Waals surface area contributed by atoms with Crippen LogP contribution in [-0.2, 0) is 0 Å². The Kier molecular flexibility index (Phi) is 9.78. The third-order valence-electron chi connectivity index (χ3n) is 10.8. The summed E-state index contributed by atoms with van der Waals surface area (Å²) in [6, 6.07) is 29.9. The average molecular weight is 653 g/mol. The van der Waals surface area contributed by atoms with E-state index < -0.39 is 0 Å². The number of nitrogens with zero attached hydrogens (tertiary/aromatic N) is 2. The van der Waals surface area contributed by atoms with Crippen molar-refractivity contribution in [2.45, 2.75) is 76.3 Å². The van der Waals surface area contributed by atoms with Crippen LogP contribution >= 0.6 is 0 Å². The molecule has 8 rings (SSSR count). The molecule has 0 aromatic heterocycles. The molecule has 0 bridgehead atoms. The summed E-state index contributed by atoms with van der Waals surface area (Å²) in [5.74, 6) is 0. The van der Waals surface area contributed by atoms with Gasteiger partial charge in [-0.25, -0.2) is 0 Å². The Balaban J connectivity index is 1.07. The van der Waals surface area contributed by atoms with E-state index in [-0.39, 0.29) is 0 Å². The van der Waals surface area contributed by atoms with Crippen LogP contribution in [0.15, 0.2) is 186 Å². The first-order valence-electron chi connectivity index (χ1n) is 18.8. The molecule has 250 valence electrons. The van der Waals surface area contributed by atoms with Gasteiger partial charge < -0.3 is 9.80 Å². The zero-order valence-corrected chi connectivity index (χ0v) is 29.1. The van der Waals surface area contributed by atoms with Crippen molar-refractivity contribution in [3.63, 3.8) is 0 Å². The topological polar surface area (TPSA) is 6.48 Å². The maximum atomic E-state index is 2.71. The van der Waals surface area contributed by atoms with Crippen LogP contribution in [0.3, 0.4) is 0 Å². The molecule has 0 aliphatic heterocycles. The number of rotatable bonds is 9. The van der Waals surface area contributed by atoms with Gasteiger partial charge in [0.15, 0.2) is 0 Å². The van der Waals surface area contributed by atoms with Crippen LogP contribution in [0.1, 0.15) is 64.2 Å². The fourth-order valence-electron chi connectivity index (χ4n) is 8.20. The van der Waals surface area contributed by atoms with Gasteiger partial charge in [-0.15, -0.1) is 0 Å². The SMILES string of the molecule is C1=CCCC(C2=CCC(N(c3ccc(-c4ccc(N(C5=CC=CCC5)c5ccccc5)cc4)cc3)C3C=C(C4=CCCC=C4)CCC3)C=C2)=C1. The molecule has 5 aliphatic rings. The molecule has 3 aromatic carbocycles. The number of para-hydroxylation sites is 1. The molecular formula is C48H48N2. The number of hydrogen-bond acceptors (Lipinski definition) is 2. The summed E-state index contributed by atoms with van der Waals surface area (Å²) in [6.07, 6.45) is 41.9. The van der Waals surface area contributed by atoms with Crippen LogP contribution in [-0.4, -0.2) is 12.1 Å². The van der Waals surface area contributed by atoms with Crippen molar-refractivity contribution in [3.8, 4) is 11.1 Å². The van der Waals surface area contributed by atoms with E-state index >= 15 is 0 Å². The molecule has 0 saturated carbocycles. The van der Waals surface area contributed by atoms with Gasteiger partial charge in [0.05, 0.1) is 6.04 Å². The predicted molar refractivity (Wildman–Crippen MR) is 214 cm³/mol. The van der Waals surface area contributed by atoms with Crippen LogP contribution < -0.4 is 9.80 Å². The zero-order valence-electron chi connectivity index (χ0n) is 29.1. The summed E-state index contributed by atoms with van der Waals surface area (Å²) in [7, 11) is 0. The fourth-order valence-corrected chi connectivity index (χ4v) is 8.20. The second-order valence-electron chi connectivity index (χ2n) is 14.1. The van der Waals surface area contributed by atoms with E-state index in [1.807, 2.05) is 0 Å². The Labute approximate surface area is 299 Å². The van der Waals surface area contributed by atoms with E-state index in [4.69, 9.17) is 0 Å². The van der Waals surface area contributed by atoms with Crippen LogP contribution in [0.4, 0.5) is 17.1 Å². The Hall–Kier alpha value is -5.08. The molecule has 2 atom stereocenters. The first-order chi connectivity index (χ1) is 24.8. The van der Waals surface area contributed by atoms with Gasteiger partial charge in [-0.1, -0.05) is 115 Å². The molecule has 0 amide bonds. The lowest BCUT2D eigenvalue weighted by molar-refractivity contribution is 0.542. The van der Waals surface area contributed by atoms with Crippen LogP contribution in [0.25, 0.3) is 11.1 Å². The summed E-state index contributed by atoms with van der Waals surface area (Å²) < 4.78 is 0. The summed E-state index contributed by atoms with van der Waals surface area (Å²) in [4.78, 5) is 5.11. The first-order valence-corrected chi connectivity index (χ1v) is 18.8. The lowest BCUT2D eigenvalue weighted by Gasteiger charge is -2.40. The number of anilines is 3. The summed E-state index contributed by atoms with van der Waals surface area (Å²) >= 11 is 0. The summed E-state index contributed by atoms with van der Waals surface area (Å²) in [6.45, 7) is 0. The van der Waals surface area contributed by atoms with E-state index in [0.29, 0.717) is 12.1 Å². The van der Waals surface area contributed by atoms with Crippen molar-refractivity contribution in [1.29, 1.82) is 0 Å². The van der Waals surface area contributed by atoms with Crippen LogP contribution in [0.5, 0.6) is 0 Å². The van der Waals surface area contributed by atoms with E-state index in [0.717, 1.165) is 44.9 Å². The quantitative estimate of drug-likeness (QED) is 0.227. The standard InChI is InChI=1S/C48H48N2/c1-5-14-37(15-6-1)39-24-32-46(33-25-39)50(48-23-13-18-42(36-48)38-16-7-2-8-17-38)47-34-28-41(29-35-47)40-26-30-45(31-27-40)49(43-19-9-3-10-20-43)44-21-11-4-12-22-44/h1,3-5,7,9-11,14,16-17,19-21,24-32,34-36,46,48H,2,6,8,12-13,15,18,22-23,33H2. The number of allylic oxidation sites excluding steroid dienone is 15. The molecule has 0 saturated heterocycles. The number of hydrogen-bond donors (Lipinski definition) is 0. The van der Waals surface area contributed by atoms with Gasteiger partial charge in [0.1, 0.15) is 0 Å². The van der Waals surface area contributed by atoms with Crippen molar-refractivity contribution in [2.75, 3.05) is 9.80 Å². The Bertz CT molecular complexity index is 1940. The lowest BCUT2D eigenvalue weighted by Crippen LogP contribution is -2.43. The third kappa shape index (κ3) is 7.12. The molecule has 2 unspecified atom stereocenters. The molecule has 5 aliphatic carbocycles. The van der Waals surface area contributed by atoms with Crippen molar-refractivity contribution in [1.82, 2.24) is 0 Å². The molecule has 0 heterocycles. The third-order valence-corrected chi connectivity index (χ3v) is 10.8. The van der Waals surface area contributed by atoms with Gasteiger partial charge in [-0.2, -0.15) is 0 Å². The highest BCUT2D eigenvalue weighted by Crippen LogP contribution is 2.38. The highest BCUT2D eigenvalue weighted by atomic mass is 15.2. The molecule has 0 radical (unpaired) electrons. The van der Waals surface area contributed by atoms with Crippen LogP contribution in [0.2, 0.25) is 0 Å². The van der Waals surface area contributed by atoms with Gasteiger partial charge in [0, 0.05) is 28.8 Å². The maximum absolute atomic E-state index is 2.71. The molecule has 0 fully saturated rings. The van der Waals surface area contributed by atoms with Gasteiger partial charge in [0.25, 0.3) is 0 Å². The van der Waals surface area contributed by atoms with Gasteiger partial charge in [-0.05, 0) is 140 Å². The smallest absolute Gasteiger partial charge is 0.0517 e. The first kappa shape index (κ1) is 32.1. The normalized spacial score (nSPS) is 21.5. The highest BCUT2D eigenvalue weighted by molar-refractivity contribution is 5.74. The monoisotopic (exact) mass is 652 g/mol. The zero-order chi connectivity index (χ0) is 33.5. The molecule has 0 spiro atoms. The maximum Gasteiger partial charge on any atom is 0.0517 e. The molecule has 3 aromatic rings. The minimum atomic E-state index is 0.327. The van der Waals surface area contributed by atoms with E-state index in [1.165, 1.54) is 75.4 Å². The largest absolute Gasteiger partial charge is 0.358 e. The Morgan fingerprint density at radius 1 is 0.540 bits per heavy atom. The minimum absolute atomic E-state index is 0.327. The Morgan fingerprint density at radius 2 is 1.26 bits per heavy atom. The lowest BCUT2D eigenvalue weighted by atomic mass is 9.86. The van der Waals surface area contributed by atoms with Gasteiger partial charge >= 0.3 is 0 Å². The van der Waals surface area contributed by atoms with E-state index in [1.54, 1.807) is 0 Å². The van der Waals surface area contributed by atoms with Crippen molar-refractivity contribution >= 4 is 17.1 Å². The minimum Gasteiger partial charge on any atom is -0.358 e. The molecular weight excluding hydrogens is 605 g/mol. The molecule has 2 heteroatoms. The predicted octanol–water partition coefficient (Wildman–Crippen LogP) is 12.8. The molecule has 2 nitrogen and oxygen atoms in total. The second kappa shape index (κ2) is 15.2. The van der Waals surface area contributed by atoms with Crippen molar-refractivity contribution in [2.24, 2.45) is 0 Å².